The number of aromatic nitrogens is 2. The first kappa shape index (κ1) is 12.0. The zero-order chi connectivity index (χ0) is 12.4. The molecule has 4 nitrogen and oxygen atoms in total. The number of rotatable bonds is 3. The Bertz CT molecular complexity index is 426. The van der Waals surface area contributed by atoms with E-state index in [2.05, 4.69) is 16.9 Å². The van der Waals surface area contributed by atoms with Gasteiger partial charge in [-0.2, -0.15) is 0 Å². The van der Waals surface area contributed by atoms with Gasteiger partial charge in [-0.15, -0.1) is 0 Å². The molecular formula is C13H18N2O2. The molecule has 92 valence electrons. The number of aliphatic carboxylic acids is 1. The van der Waals surface area contributed by atoms with E-state index < -0.39 is 5.97 Å². The molecule has 2 rings (SSSR count). The van der Waals surface area contributed by atoms with Crippen molar-refractivity contribution in [1.29, 1.82) is 0 Å². The topological polar surface area (TPSA) is 63.1 Å². The van der Waals surface area contributed by atoms with Gasteiger partial charge in [0, 0.05) is 11.4 Å². The third-order valence-electron chi connectivity index (χ3n) is 3.35. The maximum atomic E-state index is 10.9. The van der Waals surface area contributed by atoms with Crippen LogP contribution in [0.5, 0.6) is 0 Å². The van der Waals surface area contributed by atoms with Crippen molar-refractivity contribution in [1.82, 2.24) is 9.97 Å². The van der Waals surface area contributed by atoms with E-state index in [1.165, 1.54) is 0 Å². The molecule has 0 aromatic carbocycles. The third kappa shape index (κ3) is 2.46. The lowest BCUT2D eigenvalue weighted by Crippen LogP contribution is -2.19. The molecule has 17 heavy (non-hydrogen) atoms. The van der Waals surface area contributed by atoms with Gasteiger partial charge in [-0.1, -0.05) is 6.92 Å². The average molecular weight is 234 g/mol. The molecule has 4 heteroatoms. The SMILES string of the molecule is CCc1nc(C)nc2c1C(CC(=O)O)CCC2. The number of carboxylic acid groups (broad SMARTS) is 1. The number of carboxylic acids is 1. The number of hydrogen-bond donors (Lipinski definition) is 1. The largest absolute Gasteiger partial charge is 0.481 e. The van der Waals surface area contributed by atoms with Crippen LogP contribution >= 0.6 is 0 Å². The van der Waals surface area contributed by atoms with Gasteiger partial charge in [0.15, 0.2) is 0 Å². The summed E-state index contributed by atoms with van der Waals surface area (Å²) < 4.78 is 0. The fourth-order valence-corrected chi connectivity index (χ4v) is 2.71. The van der Waals surface area contributed by atoms with E-state index in [1.54, 1.807) is 0 Å². The van der Waals surface area contributed by atoms with Gasteiger partial charge in [0.2, 0.25) is 0 Å². The summed E-state index contributed by atoms with van der Waals surface area (Å²) in [5.74, 6) is 0.175. The quantitative estimate of drug-likeness (QED) is 0.871. The zero-order valence-corrected chi connectivity index (χ0v) is 10.4. The van der Waals surface area contributed by atoms with Gasteiger partial charge in [-0.3, -0.25) is 4.79 Å². The first-order valence-corrected chi connectivity index (χ1v) is 6.20. The minimum absolute atomic E-state index is 0.104. The second-order valence-corrected chi connectivity index (χ2v) is 4.62. The molecule has 1 aliphatic carbocycles. The molecule has 0 spiro atoms. The molecule has 0 saturated heterocycles. The summed E-state index contributed by atoms with van der Waals surface area (Å²) in [4.78, 5) is 19.8. The van der Waals surface area contributed by atoms with Gasteiger partial charge in [0.05, 0.1) is 6.42 Å². The third-order valence-corrected chi connectivity index (χ3v) is 3.35. The van der Waals surface area contributed by atoms with Gasteiger partial charge >= 0.3 is 5.97 Å². The monoisotopic (exact) mass is 234 g/mol. The minimum atomic E-state index is -0.731. The van der Waals surface area contributed by atoms with E-state index in [0.29, 0.717) is 0 Å². The predicted octanol–water partition coefficient (Wildman–Crippen LogP) is 2.24. The highest BCUT2D eigenvalue weighted by atomic mass is 16.4. The Balaban J connectivity index is 2.44. The summed E-state index contributed by atoms with van der Waals surface area (Å²) in [5.41, 5.74) is 3.23. The van der Waals surface area contributed by atoms with Crippen LogP contribution in [0.25, 0.3) is 0 Å². The first-order valence-electron chi connectivity index (χ1n) is 6.20. The number of aryl methyl sites for hydroxylation is 3. The van der Waals surface area contributed by atoms with Crippen molar-refractivity contribution in [3.05, 3.63) is 22.8 Å². The van der Waals surface area contributed by atoms with Crippen LogP contribution in [0.2, 0.25) is 0 Å². The number of fused-ring (bicyclic) bond motifs is 1. The predicted molar refractivity (Wildman–Crippen MR) is 64.1 cm³/mol. The van der Waals surface area contributed by atoms with Gasteiger partial charge in [-0.05, 0) is 44.1 Å². The summed E-state index contributed by atoms with van der Waals surface area (Å²) in [6.45, 7) is 3.97. The molecule has 1 aliphatic rings. The Kier molecular flexibility index (Phi) is 3.41. The van der Waals surface area contributed by atoms with Crippen LogP contribution in [-0.2, 0) is 17.6 Å². The van der Waals surface area contributed by atoms with Crippen LogP contribution in [0.4, 0.5) is 0 Å². The second kappa shape index (κ2) is 4.82. The van der Waals surface area contributed by atoms with Crippen LogP contribution in [0.15, 0.2) is 0 Å². The Hall–Kier alpha value is -1.45. The molecule has 0 bridgehead atoms. The van der Waals surface area contributed by atoms with Crippen LogP contribution in [0.3, 0.4) is 0 Å². The normalized spacial score (nSPS) is 18.8. The standard InChI is InChI=1S/C13H18N2O2/c1-3-10-13-9(7-12(16)17)5-4-6-11(13)15-8(2)14-10/h9H,3-7H2,1-2H3,(H,16,17). The van der Waals surface area contributed by atoms with Crippen LogP contribution in [-0.4, -0.2) is 21.0 Å². The van der Waals surface area contributed by atoms with Crippen molar-refractivity contribution in [3.8, 4) is 0 Å². The van der Waals surface area contributed by atoms with Crippen LogP contribution in [0.1, 0.15) is 54.9 Å². The minimum Gasteiger partial charge on any atom is -0.481 e. The van der Waals surface area contributed by atoms with E-state index in [0.717, 1.165) is 48.5 Å². The van der Waals surface area contributed by atoms with Crippen molar-refractivity contribution < 1.29 is 9.90 Å². The lowest BCUT2D eigenvalue weighted by atomic mass is 9.82. The Labute approximate surface area is 101 Å². The molecule has 1 heterocycles. The van der Waals surface area contributed by atoms with Crippen LogP contribution < -0.4 is 0 Å². The van der Waals surface area contributed by atoms with Gasteiger partial charge in [0.25, 0.3) is 0 Å². The fraction of sp³-hybridized carbons (Fsp3) is 0.615. The summed E-state index contributed by atoms with van der Waals surface area (Å²) >= 11 is 0. The average Bonchev–Trinajstić information content (AvgIpc) is 2.27. The molecule has 0 radical (unpaired) electrons. The van der Waals surface area contributed by atoms with Crippen molar-refractivity contribution in [2.75, 3.05) is 0 Å². The van der Waals surface area contributed by atoms with Gasteiger partial charge < -0.3 is 5.11 Å². The van der Waals surface area contributed by atoms with E-state index >= 15 is 0 Å². The molecule has 0 amide bonds. The highest BCUT2D eigenvalue weighted by molar-refractivity contribution is 5.68. The molecular weight excluding hydrogens is 216 g/mol. The number of carbonyl (C=O) groups is 1. The summed E-state index contributed by atoms with van der Waals surface area (Å²) in [6, 6.07) is 0. The van der Waals surface area contributed by atoms with Crippen molar-refractivity contribution in [3.63, 3.8) is 0 Å². The molecule has 0 fully saturated rings. The maximum absolute atomic E-state index is 10.9. The van der Waals surface area contributed by atoms with E-state index in [-0.39, 0.29) is 12.3 Å². The van der Waals surface area contributed by atoms with Crippen molar-refractivity contribution in [2.45, 2.75) is 51.9 Å². The van der Waals surface area contributed by atoms with E-state index in [1.807, 2.05) is 6.92 Å². The molecule has 0 saturated carbocycles. The lowest BCUT2D eigenvalue weighted by Gasteiger charge is -2.25. The van der Waals surface area contributed by atoms with Gasteiger partial charge in [-0.25, -0.2) is 9.97 Å². The first-order chi connectivity index (χ1) is 8.11. The maximum Gasteiger partial charge on any atom is 0.303 e. The number of hydrogen-bond acceptors (Lipinski definition) is 3. The lowest BCUT2D eigenvalue weighted by molar-refractivity contribution is -0.137. The summed E-state index contributed by atoms with van der Waals surface area (Å²) in [7, 11) is 0. The molecule has 1 unspecified atom stereocenters. The van der Waals surface area contributed by atoms with Crippen molar-refractivity contribution in [2.24, 2.45) is 0 Å². The van der Waals surface area contributed by atoms with Gasteiger partial charge in [0.1, 0.15) is 5.82 Å². The van der Waals surface area contributed by atoms with Crippen molar-refractivity contribution >= 4 is 5.97 Å². The van der Waals surface area contributed by atoms with Crippen LogP contribution in [0, 0.1) is 6.92 Å². The Morgan fingerprint density at radius 3 is 2.88 bits per heavy atom. The molecule has 0 aliphatic heterocycles. The molecule has 1 atom stereocenters. The Morgan fingerprint density at radius 1 is 1.47 bits per heavy atom. The smallest absolute Gasteiger partial charge is 0.303 e. The molecule has 1 N–H and O–H groups in total. The highest BCUT2D eigenvalue weighted by Gasteiger charge is 2.26. The van der Waals surface area contributed by atoms with E-state index in [9.17, 15) is 4.79 Å². The summed E-state index contributed by atoms with van der Waals surface area (Å²) in [5, 5.41) is 8.97. The van der Waals surface area contributed by atoms with E-state index in [4.69, 9.17) is 5.11 Å². The zero-order valence-electron chi connectivity index (χ0n) is 10.4. The Morgan fingerprint density at radius 2 is 2.24 bits per heavy atom. The molecule has 1 aromatic heterocycles. The second-order valence-electron chi connectivity index (χ2n) is 4.62. The highest BCUT2D eigenvalue weighted by Crippen LogP contribution is 2.35. The molecule has 1 aromatic rings. The summed E-state index contributed by atoms with van der Waals surface area (Å²) in [6.07, 6.45) is 3.99. The fourth-order valence-electron chi connectivity index (χ4n) is 2.71. The number of nitrogens with zero attached hydrogens (tertiary/aromatic N) is 2.